The third-order valence-electron chi connectivity index (χ3n) is 2.75. The van der Waals surface area contributed by atoms with E-state index in [9.17, 15) is 5.11 Å². The number of hydrogen-bond acceptors (Lipinski definition) is 3. The third kappa shape index (κ3) is 2.88. The molecule has 0 amide bonds. The molecule has 0 aliphatic rings. The molecule has 0 saturated heterocycles. The minimum Gasteiger partial charge on any atom is -0.457 e. The van der Waals surface area contributed by atoms with E-state index in [2.05, 4.69) is 0 Å². The van der Waals surface area contributed by atoms with Crippen LogP contribution in [0.2, 0.25) is 0 Å². The largest absolute Gasteiger partial charge is 0.457 e. The number of benzene rings is 2. The van der Waals surface area contributed by atoms with Crippen molar-refractivity contribution >= 4 is 0 Å². The highest BCUT2D eigenvalue weighted by atomic mass is 16.5. The summed E-state index contributed by atoms with van der Waals surface area (Å²) in [6.07, 6.45) is 0.775. The first-order chi connectivity index (χ1) is 8.85. The third-order valence-corrected chi connectivity index (χ3v) is 2.75. The highest BCUT2D eigenvalue weighted by molar-refractivity contribution is 5.41. The molecule has 0 aliphatic heterocycles. The number of hydrogen-bond donors (Lipinski definition) is 2. The number of nitrogens with two attached hydrogens (primary N) is 1. The molecule has 94 valence electrons. The summed E-state index contributed by atoms with van der Waals surface area (Å²) < 4.78 is 5.87. The molecule has 2 aromatic carbocycles. The molecule has 0 radical (unpaired) electrons. The lowest BCUT2D eigenvalue weighted by Crippen LogP contribution is -2.04. The Labute approximate surface area is 107 Å². The molecular weight excluding hydrogens is 226 g/mol. The van der Waals surface area contributed by atoms with Crippen LogP contribution in [0, 0.1) is 0 Å². The molecule has 0 unspecified atom stereocenters. The first-order valence-corrected chi connectivity index (χ1v) is 5.99. The van der Waals surface area contributed by atoms with Gasteiger partial charge in [-0.3, -0.25) is 0 Å². The Hall–Kier alpha value is -1.84. The van der Waals surface area contributed by atoms with Crippen LogP contribution in [-0.2, 0) is 13.0 Å². The van der Waals surface area contributed by atoms with Crippen LogP contribution in [0.1, 0.15) is 11.1 Å². The highest BCUT2D eigenvalue weighted by Gasteiger charge is 2.06. The first kappa shape index (κ1) is 12.6. The average Bonchev–Trinajstić information content (AvgIpc) is 2.42. The Morgan fingerprint density at radius 1 is 0.889 bits per heavy atom. The van der Waals surface area contributed by atoms with Crippen molar-refractivity contribution in [2.24, 2.45) is 5.73 Å². The maximum Gasteiger partial charge on any atom is 0.132 e. The minimum atomic E-state index is -0.0325. The molecule has 0 atom stereocenters. The Morgan fingerprint density at radius 3 is 2.06 bits per heavy atom. The number of ether oxygens (including phenoxy) is 1. The van der Waals surface area contributed by atoms with Gasteiger partial charge >= 0.3 is 0 Å². The molecule has 3 nitrogen and oxygen atoms in total. The predicted molar refractivity (Wildman–Crippen MR) is 71.6 cm³/mol. The second kappa shape index (κ2) is 6.19. The Balaban J connectivity index is 2.28. The van der Waals surface area contributed by atoms with Gasteiger partial charge in [0.1, 0.15) is 11.5 Å². The molecule has 3 heteroatoms. The summed E-state index contributed by atoms with van der Waals surface area (Å²) in [7, 11) is 0. The molecule has 2 rings (SSSR count). The van der Waals surface area contributed by atoms with E-state index >= 15 is 0 Å². The lowest BCUT2D eigenvalue weighted by Gasteiger charge is -2.12. The van der Waals surface area contributed by atoms with Gasteiger partial charge in [-0.2, -0.15) is 0 Å². The monoisotopic (exact) mass is 243 g/mol. The summed E-state index contributed by atoms with van der Waals surface area (Å²) in [6, 6.07) is 15.3. The molecule has 3 N–H and O–H groups in total. The summed E-state index contributed by atoms with van der Waals surface area (Å²) in [4.78, 5) is 0. The first-order valence-electron chi connectivity index (χ1n) is 5.99. The van der Waals surface area contributed by atoms with Gasteiger partial charge in [0, 0.05) is 5.56 Å². The normalized spacial score (nSPS) is 10.3. The fourth-order valence-electron chi connectivity index (χ4n) is 1.82. The van der Waals surface area contributed by atoms with Crippen molar-refractivity contribution in [1.29, 1.82) is 0 Å². The van der Waals surface area contributed by atoms with Crippen LogP contribution in [0.25, 0.3) is 0 Å². The summed E-state index contributed by atoms with van der Waals surface area (Å²) in [5.74, 6) is 1.48. The molecule has 0 heterocycles. The molecule has 0 saturated carbocycles. The van der Waals surface area contributed by atoms with Gasteiger partial charge < -0.3 is 15.6 Å². The van der Waals surface area contributed by atoms with Crippen LogP contribution in [-0.4, -0.2) is 11.7 Å². The van der Waals surface area contributed by atoms with E-state index in [1.165, 1.54) is 0 Å². The van der Waals surface area contributed by atoms with E-state index in [4.69, 9.17) is 10.5 Å². The van der Waals surface area contributed by atoms with Crippen LogP contribution in [0.3, 0.4) is 0 Å². The van der Waals surface area contributed by atoms with Gasteiger partial charge in [-0.25, -0.2) is 0 Å². The molecule has 0 fully saturated rings. The number of aliphatic hydroxyl groups is 1. The van der Waals surface area contributed by atoms with Crippen molar-refractivity contribution in [3.8, 4) is 11.5 Å². The molecule has 18 heavy (non-hydrogen) atoms. The van der Waals surface area contributed by atoms with Gasteiger partial charge in [0.2, 0.25) is 0 Å². The Kier molecular flexibility index (Phi) is 4.34. The van der Waals surface area contributed by atoms with E-state index in [0.29, 0.717) is 12.3 Å². The highest BCUT2D eigenvalue weighted by Crippen LogP contribution is 2.28. The van der Waals surface area contributed by atoms with Crippen molar-refractivity contribution in [2.75, 3.05) is 6.54 Å². The predicted octanol–water partition coefficient (Wildman–Crippen LogP) is 2.47. The maximum atomic E-state index is 9.27. The number of rotatable bonds is 5. The van der Waals surface area contributed by atoms with E-state index < -0.39 is 0 Å². The number of para-hydroxylation sites is 2. The van der Waals surface area contributed by atoms with Crippen LogP contribution in [0.15, 0.2) is 48.5 Å². The summed E-state index contributed by atoms with van der Waals surface area (Å²) in [6.45, 7) is 0.553. The van der Waals surface area contributed by atoms with Gasteiger partial charge in [-0.1, -0.05) is 36.4 Å². The fraction of sp³-hybridized carbons (Fsp3) is 0.200. The fourth-order valence-corrected chi connectivity index (χ4v) is 1.82. The smallest absolute Gasteiger partial charge is 0.132 e. The molecule has 2 aromatic rings. The zero-order valence-electron chi connectivity index (χ0n) is 10.2. The van der Waals surface area contributed by atoms with Gasteiger partial charge in [0.25, 0.3) is 0 Å². The second-order valence-electron chi connectivity index (χ2n) is 4.01. The van der Waals surface area contributed by atoms with Gasteiger partial charge in [-0.15, -0.1) is 0 Å². The van der Waals surface area contributed by atoms with E-state index in [-0.39, 0.29) is 6.61 Å². The van der Waals surface area contributed by atoms with Crippen molar-refractivity contribution in [3.63, 3.8) is 0 Å². The summed E-state index contributed by atoms with van der Waals surface area (Å²) >= 11 is 0. The maximum absolute atomic E-state index is 9.27. The van der Waals surface area contributed by atoms with Crippen molar-refractivity contribution in [1.82, 2.24) is 0 Å². The topological polar surface area (TPSA) is 55.5 Å². The van der Waals surface area contributed by atoms with Gasteiger partial charge in [-0.05, 0) is 30.7 Å². The second-order valence-corrected chi connectivity index (χ2v) is 4.01. The molecule has 0 bridgehead atoms. The zero-order chi connectivity index (χ0) is 12.8. The minimum absolute atomic E-state index is 0.0325. The summed E-state index contributed by atoms with van der Waals surface area (Å²) in [5.41, 5.74) is 7.44. The van der Waals surface area contributed by atoms with Crippen LogP contribution in [0.4, 0.5) is 0 Å². The SMILES string of the molecule is NCCc1ccccc1Oc1ccccc1CO. The Morgan fingerprint density at radius 2 is 1.44 bits per heavy atom. The standard InChI is InChI=1S/C15H17NO2/c16-10-9-12-5-1-3-7-14(12)18-15-8-4-2-6-13(15)11-17/h1-8,17H,9-11,16H2. The van der Waals surface area contributed by atoms with E-state index in [1.54, 1.807) is 0 Å². The van der Waals surface area contributed by atoms with Crippen LogP contribution in [0.5, 0.6) is 11.5 Å². The zero-order valence-corrected chi connectivity index (χ0v) is 10.2. The summed E-state index contributed by atoms with van der Waals surface area (Å²) in [5, 5.41) is 9.27. The van der Waals surface area contributed by atoms with E-state index in [1.807, 2.05) is 48.5 Å². The molecule has 0 aromatic heterocycles. The molecular formula is C15H17NO2. The number of aliphatic hydroxyl groups excluding tert-OH is 1. The lowest BCUT2D eigenvalue weighted by atomic mass is 10.1. The Bertz CT molecular complexity index is 511. The lowest BCUT2D eigenvalue weighted by molar-refractivity contribution is 0.276. The van der Waals surface area contributed by atoms with Crippen LogP contribution >= 0.6 is 0 Å². The van der Waals surface area contributed by atoms with Crippen molar-refractivity contribution in [3.05, 3.63) is 59.7 Å². The average molecular weight is 243 g/mol. The molecule has 0 spiro atoms. The molecule has 0 aliphatic carbocycles. The van der Waals surface area contributed by atoms with Gasteiger partial charge in [0.05, 0.1) is 6.61 Å². The van der Waals surface area contributed by atoms with Gasteiger partial charge in [0.15, 0.2) is 0 Å². The quantitative estimate of drug-likeness (QED) is 0.848. The van der Waals surface area contributed by atoms with E-state index in [0.717, 1.165) is 23.3 Å². The van der Waals surface area contributed by atoms with Crippen LogP contribution < -0.4 is 10.5 Å². The van der Waals surface area contributed by atoms with Crippen molar-refractivity contribution in [2.45, 2.75) is 13.0 Å². The van der Waals surface area contributed by atoms with Crippen molar-refractivity contribution < 1.29 is 9.84 Å².